The van der Waals surface area contributed by atoms with Crippen LogP contribution >= 0.6 is 0 Å². The van der Waals surface area contributed by atoms with Crippen molar-refractivity contribution < 1.29 is 19.7 Å². The molecule has 11 heavy (non-hydrogen) atoms. The molecule has 0 aromatic heterocycles. The van der Waals surface area contributed by atoms with Crippen LogP contribution < -0.4 is 0 Å². The molecule has 1 rings (SSSR count). The lowest BCUT2D eigenvalue weighted by Crippen LogP contribution is -2.49. The molecular weight excluding hydrogens is 150 g/mol. The van der Waals surface area contributed by atoms with Gasteiger partial charge in [-0.1, -0.05) is 0 Å². The topological polar surface area (TPSA) is 70.0 Å². The molecule has 0 aromatic rings. The zero-order valence-electron chi connectivity index (χ0n) is 6.06. The molecule has 5 heteroatoms. The Morgan fingerprint density at radius 3 is 2.91 bits per heavy atom. The summed E-state index contributed by atoms with van der Waals surface area (Å²) in [5, 5.41) is 17.3. The molecule has 1 aliphatic heterocycles. The summed E-state index contributed by atoms with van der Waals surface area (Å²) in [5.74, 6) is 0. The highest BCUT2D eigenvalue weighted by atomic mass is 16.5. The Labute approximate surface area is 64.2 Å². The Bertz CT molecular complexity index is 150. The summed E-state index contributed by atoms with van der Waals surface area (Å²) in [6.07, 6.45) is -0.993. The lowest BCUT2D eigenvalue weighted by atomic mass is 10.2. The third kappa shape index (κ3) is 1.81. The summed E-state index contributed by atoms with van der Waals surface area (Å²) in [6, 6.07) is -0.388. The van der Waals surface area contributed by atoms with Crippen molar-refractivity contribution >= 4 is 6.09 Å². The Morgan fingerprint density at radius 1 is 1.73 bits per heavy atom. The average molecular weight is 161 g/mol. The molecule has 2 N–H and O–H groups in total. The zero-order valence-corrected chi connectivity index (χ0v) is 6.06. The third-order valence-corrected chi connectivity index (χ3v) is 1.68. The van der Waals surface area contributed by atoms with Gasteiger partial charge in [0, 0.05) is 6.54 Å². The molecule has 0 spiro atoms. The van der Waals surface area contributed by atoms with Gasteiger partial charge in [-0.2, -0.15) is 0 Å². The average Bonchev–Trinajstić information content (AvgIpc) is 2.04. The lowest BCUT2D eigenvalue weighted by molar-refractivity contribution is -0.0184. The van der Waals surface area contributed by atoms with E-state index in [1.54, 1.807) is 0 Å². The lowest BCUT2D eigenvalue weighted by Gasteiger charge is -2.31. The fraction of sp³-hybridized carbons (Fsp3) is 0.833. The number of carbonyl (C=O) groups is 1. The Balaban J connectivity index is 2.51. The minimum absolute atomic E-state index is 0.174. The summed E-state index contributed by atoms with van der Waals surface area (Å²) in [5.41, 5.74) is 0. The first-order valence-electron chi connectivity index (χ1n) is 3.44. The van der Waals surface area contributed by atoms with Crippen molar-refractivity contribution in [1.82, 2.24) is 4.90 Å². The van der Waals surface area contributed by atoms with E-state index in [2.05, 4.69) is 0 Å². The number of aliphatic hydroxyl groups is 1. The summed E-state index contributed by atoms with van der Waals surface area (Å²) in [4.78, 5) is 11.7. The van der Waals surface area contributed by atoms with Gasteiger partial charge < -0.3 is 14.9 Å². The van der Waals surface area contributed by atoms with E-state index in [4.69, 9.17) is 14.9 Å². The molecule has 5 nitrogen and oxygen atoms in total. The molecule has 0 bridgehead atoms. The smallest absolute Gasteiger partial charge is 0.407 e. The van der Waals surface area contributed by atoms with Gasteiger partial charge in [0.25, 0.3) is 0 Å². The van der Waals surface area contributed by atoms with Crippen LogP contribution in [0.1, 0.15) is 0 Å². The van der Waals surface area contributed by atoms with Gasteiger partial charge >= 0.3 is 6.09 Å². The number of aliphatic hydroxyl groups excluding tert-OH is 1. The number of ether oxygens (including phenoxy) is 1. The third-order valence-electron chi connectivity index (χ3n) is 1.68. The number of hydrogen-bond donors (Lipinski definition) is 2. The number of hydrogen-bond acceptors (Lipinski definition) is 3. The minimum atomic E-state index is -0.993. The molecule has 0 aromatic carbocycles. The van der Waals surface area contributed by atoms with Crippen LogP contribution in [-0.4, -0.2) is 53.6 Å². The van der Waals surface area contributed by atoms with Crippen molar-refractivity contribution in [2.45, 2.75) is 6.04 Å². The number of rotatable bonds is 1. The van der Waals surface area contributed by atoms with Gasteiger partial charge in [-0.3, -0.25) is 4.90 Å². The molecule has 0 radical (unpaired) electrons. The van der Waals surface area contributed by atoms with Crippen LogP contribution in [0.4, 0.5) is 4.79 Å². The maximum absolute atomic E-state index is 10.5. The van der Waals surface area contributed by atoms with Gasteiger partial charge in [0.1, 0.15) is 0 Å². The van der Waals surface area contributed by atoms with Crippen molar-refractivity contribution in [3.05, 3.63) is 0 Å². The van der Waals surface area contributed by atoms with Crippen molar-refractivity contribution in [3.8, 4) is 0 Å². The number of amides is 1. The van der Waals surface area contributed by atoms with E-state index in [1.807, 2.05) is 0 Å². The van der Waals surface area contributed by atoms with Crippen molar-refractivity contribution in [2.24, 2.45) is 0 Å². The van der Waals surface area contributed by atoms with Crippen LogP contribution in [0, 0.1) is 0 Å². The van der Waals surface area contributed by atoms with Gasteiger partial charge in [-0.15, -0.1) is 0 Å². The predicted octanol–water partition coefficient (Wildman–Crippen LogP) is -0.642. The Morgan fingerprint density at radius 2 is 2.45 bits per heavy atom. The highest BCUT2D eigenvalue weighted by Gasteiger charge is 2.25. The normalized spacial score (nSPS) is 25.2. The van der Waals surface area contributed by atoms with Crippen molar-refractivity contribution in [2.75, 3.05) is 26.4 Å². The van der Waals surface area contributed by atoms with E-state index >= 15 is 0 Å². The number of carboxylic acid groups (broad SMARTS) is 1. The van der Waals surface area contributed by atoms with E-state index in [-0.39, 0.29) is 12.6 Å². The monoisotopic (exact) mass is 161 g/mol. The van der Waals surface area contributed by atoms with Gasteiger partial charge in [0.2, 0.25) is 0 Å². The van der Waals surface area contributed by atoms with Gasteiger partial charge in [-0.25, -0.2) is 4.79 Å². The van der Waals surface area contributed by atoms with Crippen molar-refractivity contribution in [1.29, 1.82) is 0 Å². The van der Waals surface area contributed by atoms with E-state index < -0.39 is 6.09 Å². The maximum atomic E-state index is 10.5. The molecule has 0 aliphatic carbocycles. The molecule has 64 valence electrons. The largest absolute Gasteiger partial charge is 0.465 e. The quantitative estimate of drug-likeness (QED) is 0.536. The van der Waals surface area contributed by atoms with E-state index in [0.717, 1.165) is 0 Å². The molecule has 0 unspecified atom stereocenters. The van der Waals surface area contributed by atoms with Crippen LogP contribution in [0.25, 0.3) is 0 Å². The van der Waals surface area contributed by atoms with Crippen molar-refractivity contribution in [3.63, 3.8) is 0 Å². The van der Waals surface area contributed by atoms with Crippen LogP contribution in [-0.2, 0) is 4.74 Å². The van der Waals surface area contributed by atoms with Crippen LogP contribution in [0.15, 0.2) is 0 Å². The highest BCUT2D eigenvalue weighted by Crippen LogP contribution is 2.05. The Kier molecular flexibility index (Phi) is 2.67. The molecule has 1 saturated heterocycles. The first-order valence-corrected chi connectivity index (χ1v) is 3.44. The van der Waals surface area contributed by atoms with E-state index in [1.165, 1.54) is 4.90 Å². The number of morpholine rings is 1. The molecule has 1 atom stereocenters. The first kappa shape index (κ1) is 8.29. The summed E-state index contributed by atoms with van der Waals surface area (Å²) in [7, 11) is 0. The standard InChI is InChI=1S/C6H11NO4/c8-3-5-4-11-2-1-7(5)6(9)10/h5,8H,1-4H2,(H,9,10)/t5-/m1/s1. The van der Waals surface area contributed by atoms with Gasteiger partial charge in [-0.05, 0) is 0 Å². The fourth-order valence-electron chi connectivity index (χ4n) is 1.06. The molecule has 0 saturated carbocycles. The number of nitrogens with zero attached hydrogens (tertiary/aromatic N) is 1. The van der Waals surface area contributed by atoms with Gasteiger partial charge in [0.05, 0.1) is 25.9 Å². The molecule has 1 aliphatic rings. The molecule has 1 fully saturated rings. The Hall–Kier alpha value is -0.810. The second kappa shape index (κ2) is 3.54. The van der Waals surface area contributed by atoms with E-state index in [0.29, 0.717) is 19.8 Å². The minimum Gasteiger partial charge on any atom is -0.465 e. The molecule has 1 heterocycles. The molecular formula is C6H11NO4. The molecule has 1 amide bonds. The second-order valence-electron chi connectivity index (χ2n) is 2.39. The van der Waals surface area contributed by atoms with Crippen LogP contribution in [0.5, 0.6) is 0 Å². The van der Waals surface area contributed by atoms with Crippen LogP contribution in [0.3, 0.4) is 0 Å². The first-order chi connectivity index (χ1) is 5.25. The maximum Gasteiger partial charge on any atom is 0.407 e. The second-order valence-corrected chi connectivity index (χ2v) is 2.39. The van der Waals surface area contributed by atoms with E-state index in [9.17, 15) is 4.79 Å². The summed E-state index contributed by atoms with van der Waals surface area (Å²) < 4.78 is 4.99. The summed E-state index contributed by atoms with van der Waals surface area (Å²) in [6.45, 7) is 0.887. The SMILES string of the molecule is O=C(O)N1CCOC[C@H]1CO. The van der Waals surface area contributed by atoms with Crippen LogP contribution in [0.2, 0.25) is 0 Å². The fourth-order valence-corrected chi connectivity index (χ4v) is 1.06. The van der Waals surface area contributed by atoms with Gasteiger partial charge in [0.15, 0.2) is 0 Å². The zero-order chi connectivity index (χ0) is 8.27. The predicted molar refractivity (Wildman–Crippen MR) is 36.4 cm³/mol. The summed E-state index contributed by atoms with van der Waals surface area (Å²) >= 11 is 0. The highest BCUT2D eigenvalue weighted by molar-refractivity contribution is 5.65.